The van der Waals surface area contributed by atoms with Gasteiger partial charge in [-0.05, 0) is 104 Å². The van der Waals surface area contributed by atoms with Crippen LogP contribution in [0.4, 0.5) is 0 Å². The molecule has 4 heteroatoms. The molecule has 1 aromatic heterocycles. The van der Waals surface area contributed by atoms with Gasteiger partial charge in [0, 0.05) is 30.0 Å². The molecule has 0 spiro atoms. The Balaban J connectivity index is 1.34. The minimum Gasteiger partial charge on any atom is -0.289 e. The first kappa shape index (κ1) is 24.1. The van der Waals surface area contributed by atoms with E-state index in [1.807, 2.05) is 30.3 Å². The molecule has 5 aromatic carbocycles. The molecule has 0 aliphatic carbocycles. The van der Waals surface area contributed by atoms with E-state index in [-0.39, 0.29) is 16.3 Å². The zero-order valence-corrected chi connectivity index (χ0v) is 23.1. The van der Waals surface area contributed by atoms with Crippen LogP contribution in [0, 0.1) is 13.8 Å². The molecule has 0 aliphatic rings. The van der Waals surface area contributed by atoms with Crippen molar-refractivity contribution in [2.45, 2.75) is 38.3 Å². The highest BCUT2D eigenvalue weighted by atomic mass is 32.2. The normalized spacial score (nSPS) is 12.2. The van der Waals surface area contributed by atoms with Crippen molar-refractivity contribution in [1.82, 2.24) is 0 Å². The summed E-state index contributed by atoms with van der Waals surface area (Å²) >= 11 is 3.38. The van der Waals surface area contributed by atoms with E-state index in [2.05, 4.69) is 98.8 Å². The Hall–Kier alpha value is -3.31. The fourth-order valence-electron chi connectivity index (χ4n) is 4.64. The van der Waals surface area contributed by atoms with Gasteiger partial charge in [0.05, 0.1) is 10.9 Å². The molecule has 6 aromatic rings. The zero-order chi connectivity index (χ0) is 25.4. The van der Waals surface area contributed by atoms with E-state index < -0.39 is 0 Å². The van der Waals surface area contributed by atoms with Crippen LogP contribution in [0.3, 0.4) is 0 Å². The van der Waals surface area contributed by atoms with Gasteiger partial charge in [-0.1, -0.05) is 48.2 Å². The lowest BCUT2D eigenvalue weighted by Gasteiger charge is -2.10. The third-order valence-corrected chi connectivity index (χ3v) is 10.6. The SMILES string of the molecule is Cc1cc(C)cc([S+](c2ccccc2)c2ccc(Sc3ccc4sc5ccccc5c(=O)c4c3)cc2)c1. The summed E-state index contributed by atoms with van der Waals surface area (Å²) in [4.78, 5) is 19.3. The molecule has 1 unspecified atom stereocenters. The van der Waals surface area contributed by atoms with Gasteiger partial charge in [0.25, 0.3) is 0 Å². The largest absolute Gasteiger partial charge is 0.289 e. The fraction of sp³-hybridized carbons (Fsp3) is 0.0606. The molecule has 0 aliphatic heterocycles. The van der Waals surface area contributed by atoms with E-state index in [4.69, 9.17) is 0 Å². The Bertz CT molecular complexity index is 1770. The summed E-state index contributed by atoms with van der Waals surface area (Å²) in [6.07, 6.45) is 0. The Morgan fingerprint density at radius 2 is 1.19 bits per heavy atom. The molecule has 37 heavy (non-hydrogen) atoms. The van der Waals surface area contributed by atoms with Crippen LogP contribution in [0.1, 0.15) is 11.1 Å². The molecule has 1 heterocycles. The van der Waals surface area contributed by atoms with Crippen molar-refractivity contribution >= 4 is 54.2 Å². The van der Waals surface area contributed by atoms with Crippen molar-refractivity contribution < 1.29 is 0 Å². The average molecular weight is 534 g/mol. The lowest BCUT2D eigenvalue weighted by atomic mass is 10.2. The summed E-state index contributed by atoms with van der Waals surface area (Å²) in [5.41, 5.74) is 2.69. The molecule has 0 amide bonds. The number of aryl methyl sites for hydroxylation is 2. The minimum atomic E-state index is -0.174. The molecule has 0 fully saturated rings. The molecule has 0 saturated heterocycles. The van der Waals surface area contributed by atoms with Gasteiger partial charge in [0.2, 0.25) is 0 Å². The van der Waals surface area contributed by atoms with Crippen LogP contribution in [0.15, 0.2) is 145 Å². The van der Waals surface area contributed by atoms with Crippen molar-refractivity contribution in [2.75, 3.05) is 0 Å². The highest BCUT2D eigenvalue weighted by Gasteiger charge is 2.29. The zero-order valence-electron chi connectivity index (χ0n) is 20.6. The standard InChI is InChI=1S/C33H25OS3/c1-22-18-23(2)20-28(19-22)37(26-8-4-3-5-9-26)27-15-12-24(13-16-27)35-25-14-17-32-30(21-25)33(34)29-10-6-7-11-31(29)36-32/h3-21H,1-2H3/q+1. The maximum atomic E-state index is 13.1. The second-order valence-corrected chi connectivity index (χ2v) is 13.4. The number of fused-ring (bicyclic) bond motifs is 2. The Labute approximate surface area is 228 Å². The van der Waals surface area contributed by atoms with Crippen molar-refractivity contribution in [1.29, 1.82) is 0 Å². The van der Waals surface area contributed by atoms with E-state index in [9.17, 15) is 4.79 Å². The smallest absolute Gasteiger partial charge is 0.195 e. The number of hydrogen-bond acceptors (Lipinski definition) is 3. The maximum Gasteiger partial charge on any atom is 0.195 e. The summed E-state index contributed by atoms with van der Waals surface area (Å²) in [6, 6.07) is 40.7. The van der Waals surface area contributed by atoms with Gasteiger partial charge in [-0.3, -0.25) is 4.79 Å². The number of hydrogen-bond donors (Lipinski definition) is 0. The topological polar surface area (TPSA) is 17.1 Å². The summed E-state index contributed by atoms with van der Waals surface area (Å²) in [5, 5.41) is 1.59. The predicted molar refractivity (Wildman–Crippen MR) is 161 cm³/mol. The molecular formula is C33H25OS3+. The second-order valence-electron chi connectivity index (χ2n) is 9.10. The minimum absolute atomic E-state index is 0.113. The van der Waals surface area contributed by atoms with Crippen LogP contribution in [-0.4, -0.2) is 0 Å². The first-order valence-electron chi connectivity index (χ1n) is 12.2. The van der Waals surface area contributed by atoms with Crippen LogP contribution in [-0.2, 0) is 10.9 Å². The second kappa shape index (κ2) is 10.2. The van der Waals surface area contributed by atoms with Gasteiger partial charge in [-0.15, -0.1) is 11.3 Å². The van der Waals surface area contributed by atoms with E-state index in [0.29, 0.717) is 0 Å². The predicted octanol–water partition coefficient (Wildman–Crippen LogP) is 9.28. The van der Waals surface area contributed by atoms with Crippen molar-refractivity contribution in [3.63, 3.8) is 0 Å². The lowest BCUT2D eigenvalue weighted by molar-refractivity contribution is 1.25. The average Bonchev–Trinajstić information content (AvgIpc) is 2.90. The molecule has 6 rings (SSSR count). The van der Waals surface area contributed by atoms with Crippen LogP contribution < -0.4 is 5.43 Å². The van der Waals surface area contributed by atoms with Gasteiger partial charge >= 0.3 is 0 Å². The molecule has 1 nitrogen and oxygen atoms in total. The molecule has 0 radical (unpaired) electrons. The van der Waals surface area contributed by atoms with Crippen LogP contribution in [0.5, 0.6) is 0 Å². The molecule has 1 atom stereocenters. The van der Waals surface area contributed by atoms with E-state index >= 15 is 0 Å². The molecule has 0 N–H and O–H groups in total. The summed E-state index contributed by atoms with van der Waals surface area (Å²) in [6.45, 7) is 4.34. The summed E-state index contributed by atoms with van der Waals surface area (Å²) < 4.78 is 2.07. The summed E-state index contributed by atoms with van der Waals surface area (Å²) in [7, 11) is -0.174. The third-order valence-electron chi connectivity index (χ3n) is 6.25. The Kier molecular flexibility index (Phi) is 6.64. The van der Waals surface area contributed by atoms with E-state index in [1.165, 1.54) is 25.8 Å². The maximum absolute atomic E-state index is 13.1. The first-order chi connectivity index (χ1) is 18.0. The van der Waals surface area contributed by atoms with Gasteiger partial charge in [-0.2, -0.15) is 0 Å². The van der Waals surface area contributed by atoms with Gasteiger partial charge < -0.3 is 0 Å². The van der Waals surface area contributed by atoms with Crippen LogP contribution in [0.2, 0.25) is 0 Å². The third kappa shape index (κ3) is 4.97. The molecular weight excluding hydrogens is 509 g/mol. The van der Waals surface area contributed by atoms with Gasteiger partial charge in [-0.25, -0.2) is 0 Å². The van der Waals surface area contributed by atoms with Crippen LogP contribution in [0.25, 0.3) is 20.2 Å². The highest BCUT2D eigenvalue weighted by molar-refractivity contribution is 7.99. The molecule has 0 bridgehead atoms. The highest BCUT2D eigenvalue weighted by Crippen LogP contribution is 2.36. The number of benzene rings is 5. The fourth-order valence-corrected chi connectivity index (χ4v) is 8.81. The first-order valence-corrected chi connectivity index (χ1v) is 15.0. The van der Waals surface area contributed by atoms with Crippen molar-refractivity contribution in [3.8, 4) is 0 Å². The molecule has 0 saturated carbocycles. The Morgan fingerprint density at radius 3 is 1.95 bits per heavy atom. The summed E-state index contributed by atoms with van der Waals surface area (Å²) in [5.74, 6) is 0. The van der Waals surface area contributed by atoms with Crippen LogP contribution >= 0.6 is 23.1 Å². The van der Waals surface area contributed by atoms with Crippen molar-refractivity contribution in [2.24, 2.45) is 0 Å². The number of rotatable bonds is 5. The van der Waals surface area contributed by atoms with E-state index in [0.717, 1.165) is 30.0 Å². The molecule has 180 valence electrons. The monoisotopic (exact) mass is 533 g/mol. The lowest BCUT2D eigenvalue weighted by Crippen LogP contribution is -2.05. The quantitative estimate of drug-likeness (QED) is 0.162. The van der Waals surface area contributed by atoms with Crippen molar-refractivity contribution in [3.05, 3.63) is 137 Å². The van der Waals surface area contributed by atoms with E-state index in [1.54, 1.807) is 23.1 Å². The Morgan fingerprint density at radius 1 is 0.568 bits per heavy atom. The van der Waals surface area contributed by atoms with Gasteiger partial charge in [0.15, 0.2) is 20.1 Å². The van der Waals surface area contributed by atoms with Gasteiger partial charge in [0.1, 0.15) is 0 Å².